The highest BCUT2D eigenvalue weighted by Crippen LogP contribution is 2.07. The van der Waals surface area contributed by atoms with Gasteiger partial charge in [0.15, 0.2) is 0 Å². The highest BCUT2D eigenvalue weighted by atomic mass is 79.9. The Morgan fingerprint density at radius 1 is 1.32 bits per heavy atom. The van der Waals surface area contributed by atoms with E-state index < -0.39 is 0 Å². The Hall–Kier alpha value is -1.83. The van der Waals surface area contributed by atoms with Gasteiger partial charge in [0.2, 0.25) is 0 Å². The quantitative estimate of drug-likeness (QED) is 0.346. The van der Waals surface area contributed by atoms with Gasteiger partial charge in [-0.15, -0.1) is 12.8 Å². The normalized spacial score (nSPS) is 10.1. The third-order valence-electron chi connectivity index (χ3n) is 2.80. The van der Waals surface area contributed by atoms with Crippen LogP contribution in [0.5, 0.6) is 0 Å². The van der Waals surface area contributed by atoms with Crippen molar-refractivity contribution in [3.8, 4) is 12.8 Å². The average molecular weight is 406 g/mol. The molecular formula is C21H32BrN3. The molecular weight excluding hydrogens is 374 g/mol. The van der Waals surface area contributed by atoms with Crippen LogP contribution in [0.25, 0.3) is 0 Å². The summed E-state index contributed by atoms with van der Waals surface area (Å²) >= 11 is 3.47. The maximum Gasteiger partial charge on any atom is 0.119 e. The summed E-state index contributed by atoms with van der Waals surface area (Å²) in [5.41, 5.74) is 1.23. The Bertz CT molecular complexity index is 555. The third kappa shape index (κ3) is 15.4. The molecule has 138 valence electrons. The van der Waals surface area contributed by atoms with Gasteiger partial charge in [0.1, 0.15) is 5.82 Å². The van der Waals surface area contributed by atoms with Crippen molar-refractivity contribution in [2.24, 2.45) is 0 Å². The summed E-state index contributed by atoms with van der Waals surface area (Å²) < 4.78 is 1.09. The lowest BCUT2D eigenvalue weighted by Crippen LogP contribution is -2.15. The van der Waals surface area contributed by atoms with Gasteiger partial charge in [-0.25, -0.2) is 4.98 Å². The fraction of sp³-hybridized carbons (Fsp3) is 0.381. The van der Waals surface area contributed by atoms with Crippen LogP contribution in [0.15, 0.2) is 53.3 Å². The zero-order valence-corrected chi connectivity index (χ0v) is 17.5. The number of aromatic nitrogens is 2. The van der Waals surface area contributed by atoms with Gasteiger partial charge >= 0.3 is 0 Å². The van der Waals surface area contributed by atoms with E-state index >= 15 is 0 Å². The fourth-order valence-corrected chi connectivity index (χ4v) is 1.84. The van der Waals surface area contributed by atoms with Crippen molar-refractivity contribution in [3.63, 3.8) is 0 Å². The Balaban J connectivity index is 0. The summed E-state index contributed by atoms with van der Waals surface area (Å²) in [5, 5.41) is 3.34. The van der Waals surface area contributed by atoms with Gasteiger partial charge in [-0.2, -0.15) is 0 Å². The lowest BCUT2D eigenvalue weighted by Gasteiger charge is -1.99. The first kappa shape index (κ1) is 25.4. The van der Waals surface area contributed by atoms with Crippen LogP contribution in [0.3, 0.4) is 0 Å². The zero-order valence-electron chi connectivity index (χ0n) is 15.9. The standard InChI is InChI=1S/C17H24BrN3.C2H6.C2H2/c1-3-11-19-14-17-20-12-6-8-15(10-13-21-17)7-5-9-16(18)4-2;2*1-2/h4-6,8-10,12-13,19H,3,7,11,14H2,1-2H3,(H,20,21);1-2H3;1-2H/b9-5-,12-6?,13-10?,15-8?,16-4+;;. The lowest BCUT2D eigenvalue weighted by molar-refractivity contribution is 0.651. The van der Waals surface area contributed by atoms with Crippen molar-refractivity contribution in [1.82, 2.24) is 15.3 Å². The van der Waals surface area contributed by atoms with Gasteiger partial charge in [-0.3, -0.25) is 0 Å². The Kier molecular flexibility index (Phi) is 20.5. The number of halogens is 1. The first-order valence-electron chi connectivity index (χ1n) is 8.64. The summed E-state index contributed by atoms with van der Waals surface area (Å²) in [6.07, 6.45) is 20.0. The molecule has 3 nitrogen and oxygen atoms in total. The molecule has 0 aliphatic carbocycles. The largest absolute Gasteiger partial charge is 0.349 e. The molecule has 0 atom stereocenters. The number of nitrogens with zero attached hydrogens (tertiary/aromatic N) is 1. The fourth-order valence-electron chi connectivity index (χ4n) is 1.66. The molecule has 0 unspecified atom stereocenters. The Labute approximate surface area is 162 Å². The Morgan fingerprint density at radius 3 is 2.68 bits per heavy atom. The molecule has 0 amide bonds. The summed E-state index contributed by atoms with van der Waals surface area (Å²) in [5.74, 6) is 0.929. The summed E-state index contributed by atoms with van der Waals surface area (Å²) in [6, 6.07) is 6.14. The predicted molar refractivity (Wildman–Crippen MR) is 115 cm³/mol. The van der Waals surface area contributed by atoms with Crippen molar-refractivity contribution < 1.29 is 0 Å². The molecule has 4 heteroatoms. The van der Waals surface area contributed by atoms with E-state index in [2.05, 4.69) is 75.3 Å². The number of terminal acetylenes is 1. The molecule has 0 aromatic carbocycles. The summed E-state index contributed by atoms with van der Waals surface area (Å²) in [7, 11) is 0. The number of nitrogens with one attached hydrogen (secondary N) is 2. The molecule has 0 saturated carbocycles. The molecule has 0 aliphatic heterocycles. The molecule has 25 heavy (non-hydrogen) atoms. The van der Waals surface area contributed by atoms with Crippen molar-refractivity contribution in [3.05, 3.63) is 64.7 Å². The molecule has 1 aromatic rings. The van der Waals surface area contributed by atoms with Gasteiger partial charge in [0.25, 0.3) is 0 Å². The van der Waals surface area contributed by atoms with Crippen LogP contribution >= 0.6 is 15.9 Å². The number of H-pyrrole nitrogens is 1. The van der Waals surface area contributed by atoms with E-state index in [1.54, 1.807) is 0 Å². The maximum atomic E-state index is 4.40. The van der Waals surface area contributed by atoms with Crippen molar-refractivity contribution in [2.45, 2.75) is 47.1 Å². The van der Waals surface area contributed by atoms with E-state index in [0.29, 0.717) is 0 Å². The van der Waals surface area contributed by atoms with Crippen LogP contribution in [-0.4, -0.2) is 16.5 Å². The molecule has 0 fully saturated rings. The van der Waals surface area contributed by atoms with Gasteiger partial charge in [-0.05, 0) is 44.0 Å². The molecule has 0 bridgehead atoms. The molecule has 1 aromatic heterocycles. The van der Waals surface area contributed by atoms with E-state index in [1.807, 2.05) is 45.3 Å². The van der Waals surface area contributed by atoms with Gasteiger partial charge in [0, 0.05) is 16.9 Å². The first-order chi connectivity index (χ1) is 12.3. The Morgan fingerprint density at radius 2 is 2.04 bits per heavy atom. The second-order valence-electron chi connectivity index (χ2n) is 4.59. The van der Waals surface area contributed by atoms with Crippen molar-refractivity contribution >= 4 is 15.9 Å². The number of hydrogen-bond donors (Lipinski definition) is 2. The second-order valence-corrected chi connectivity index (χ2v) is 5.51. The smallest absolute Gasteiger partial charge is 0.119 e. The highest BCUT2D eigenvalue weighted by Gasteiger charge is 1.90. The highest BCUT2D eigenvalue weighted by molar-refractivity contribution is 9.11. The predicted octanol–water partition coefficient (Wildman–Crippen LogP) is 5.71. The minimum atomic E-state index is 0.756. The van der Waals surface area contributed by atoms with Crippen LogP contribution in [0.2, 0.25) is 0 Å². The van der Waals surface area contributed by atoms with E-state index in [-0.39, 0.29) is 0 Å². The summed E-state index contributed by atoms with van der Waals surface area (Å²) in [4.78, 5) is 7.63. The number of aromatic amines is 1. The summed E-state index contributed by atoms with van der Waals surface area (Å²) in [6.45, 7) is 9.92. The van der Waals surface area contributed by atoms with E-state index in [0.717, 1.165) is 36.2 Å². The molecule has 2 N–H and O–H groups in total. The van der Waals surface area contributed by atoms with E-state index in [9.17, 15) is 0 Å². The molecule has 1 heterocycles. The van der Waals surface area contributed by atoms with Crippen molar-refractivity contribution in [2.75, 3.05) is 6.54 Å². The van der Waals surface area contributed by atoms with E-state index in [4.69, 9.17) is 0 Å². The SMILES string of the molecule is C#C.C/C=C(Br)\C=C/Cc1cccnc(CNCCC)[nH]cc1.CC. The minimum absolute atomic E-state index is 0.756. The van der Waals surface area contributed by atoms with Crippen LogP contribution in [0.4, 0.5) is 0 Å². The van der Waals surface area contributed by atoms with Crippen LogP contribution in [-0.2, 0) is 13.0 Å². The van der Waals surface area contributed by atoms with Crippen LogP contribution < -0.4 is 5.32 Å². The number of hydrogen-bond acceptors (Lipinski definition) is 2. The topological polar surface area (TPSA) is 40.7 Å². The molecule has 0 spiro atoms. The maximum absolute atomic E-state index is 4.40. The lowest BCUT2D eigenvalue weighted by atomic mass is 10.2. The zero-order chi connectivity index (χ0) is 19.3. The number of rotatable bonds is 7. The molecule has 0 aliphatic rings. The minimum Gasteiger partial charge on any atom is -0.349 e. The van der Waals surface area contributed by atoms with Gasteiger partial charge in [0.05, 0.1) is 6.54 Å². The van der Waals surface area contributed by atoms with Gasteiger partial charge in [-0.1, -0.05) is 61.0 Å². The first-order valence-corrected chi connectivity index (χ1v) is 9.43. The van der Waals surface area contributed by atoms with Crippen molar-refractivity contribution in [1.29, 1.82) is 0 Å². The third-order valence-corrected chi connectivity index (χ3v) is 3.52. The molecule has 1 rings (SSSR count). The van der Waals surface area contributed by atoms with E-state index in [1.165, 1.54) is 5.56 Å². The van der Waals surface area contributed by atoms with Crippen LogP contribution in [0.1, 0.15) is 45.5 Å². The second kappa shape index (κ2) is 20.2. The molecule has 0 saturated heterocycles. The van der Waals surface area contributed by atoms with Crippen LogP contribution in [0, 0.1) is 12.8 Å². The number of allylic oxidation sites excluding steroid dienone is 4. The monoisotopic (exact) mass is 405 g/mol. The average Bonchev–Trinajstić information content (AvgIpc) is 2.77. The molecule has 0 radical (unpaired) electrons. The van der Waals surface area contributed by atoms with Gasteiger partial charge < -0.3 is 10.3 Å².